The van der Waals surface area contributed by atoms with Gasteiger partial charge in [-0.1, -0.05) is 154 Å². The molecule has 0 aliphatic heterocycles. The molecule has 0 amide bonds. The molecule has 2 atom stereocenters. The Kier molecular flexibility index (Phi) is 16.5. The topological polar surface area (TPSA) is 57.5 Å². The molecule has 0 saturated heterocycles. The summed E-state index contributed by atoms with van der Waals surface area (Å²) in [5.74, 6) is -0.166. The highest BCUT2D eigenvalue weighted by atomic mass is 16.3. The molecule has 3 heteroatoms. The van der Waals surface area contributed by atoms with E-state index in [1.54, 1.807) is 0 Å². The van der Waals surface area contributed by atoms with Gasteiger partial charge in [0.25, 0.3) is 0 Å². The van der Waals surface area contributed by atoms with E-state index in [1.807, 2.05) is 58.1 Å². The molecule has 2 rings (SSSR count). The Morgan fingerprint density at radius 2 is 1.04 bits per heavy atom. The molecule has 0 saturated carbocycles. The Bertz CT molecular complexity index is 1370. The van der Waals surface area contributed by atoms with Crippen molar-refractivity contribution in [1.82, 2.24) is 0 Å². The molecule has 0 radical (unpaired) electrons. The van der Waals surface area contributed by atoms with E-state index >= 15 is 0 Å². The van der Waals surface area contributed by atoms with E-state index in [9.17, 15) is 15.0 Å². The molecule has 246 valence electrons. The maximum absolute atomic E-state index is 12.2. The van der Waals surface area contributed by atoms with Gasteiger partial charge in [0.05, 0.1) is 6.10 Å². The summed E-state index contributed by atoms with van der Waals surface area (Å²) >= 11 is 0. The SMILES string of the molecule is CC.CC1=C(/C=C/C(C)=C/C=C/C(C)=C/C=C/C=C(C)/C=C/C=C(C)/C=C/C2=C(C)C(=O)C(O)CC2(C)C)C(C)(C)CC(O)C1. The zero-order chi connectivity index (χ0) is 34.4. The average molecular weight is 613 g/mol. The summed E-state index contributed by atoms with van der Waals surface area (Å²) in [6, 6.07) is 0. The predicted octanol–water partition coefficient (Wildman–Crippen LogP) is 10.8. The maximum atomic E-state index is 12.2. The smallest absolute Gasteiger partial charge is 0.187 e. The first kappa shape index (κ1) is 39.8. The van der Waals surface area contributed by atoms with Crippen LogP contribution in [0.5, 0.6) is 0 Å². The molecule has 0 aromatic carbocycles. The van der Waals surface area contributed by atoms with Crippen molar-refractivity contribution in [2.24, 2.45) is 10.8 Å². The van der Waals surface area contributed by atoms with Gasteiger partial charge in [-0.05, 0) is 88.4 Å². The summed E-state index contributed by atoms with van der Waals surface area (Å²) in [6.45, 7) is 24.8. The lowest BCUT2D eigenvalue weighted by atomic mass is 9.71. The number of ketones is 1. The third kappa shape index (κ3) is 13.3. The number of hydrogen-bond donors (Lipinski definition) is 2. The van der Waals surface area contributed by atoms with E-state index in [2.05, 4.69) is 110 Å². The van der Waals surface area contributed by atoms with Crippen LogP contribution < -0.4 is 0 Å². The van der Waals surface area contributed by atoms with Crippen molar-refractivity contribution in [1.29, 1.82) is 0 Å². The van der Waals surface area contributed by atoms with Crippen molar-refractivity contribution < 1.29 is 15.0 Å². The normalized spacial score (nSPS) is 23.8. The van der Waals surface area contributed by atoms with Crippen LogP contribution in [-0.4, -0.2) is 28.2 Å². The van der Waals surface area contributed by atoms with Crippen LogP contribution in [0.2, 0.25) is 0 Å². The Labute approximate surface area is 275 Å². The number of aliphatic hydroxyl groups excluding tert-OH is 2. The number of Topliss-reactive ketones (excluding diaryl/α,β-unsaturated/α-hetero) is 1. The van der Waals surface area contributed by atoms with Crippen molar-refractivity contribution >= 4 is 5.78 Å². The van der Waals surface area contributed by atoms with Crippen molar-refractivity contribution in [3.05, 3.63) is 130 Å². The summed E-state index contributed by atoms with van der Waals surface area (Å²) in [5, 5.41) is 20.1. The van der Waals surface area contributed by atoms with Gasteiger partial charge >= 0.3 is 0 Å². The van der Waals surface area contributed by atoms with Gasteiger partial charge in [-0.15, -0.1) is 0 Å². The van der Waals surface area contributed by atoms with Crippen LogP contribution in [0.3, 0.4) is 0 Å². The fourth-order valence-electron chi connectivity index (χ4n) is 5.88. The Morgan fingerprint density at radius 1 is 0.644 bits per heavy atom. The molecule has 2 unspecified atom stereocenters. The van der Waals surface area contributed by atoms with E-state index in [0.29, 0.717) is 12.0 Å². The van der Waals surface area contributed by atoms with Crippen LogP contribution in [0.15, 0.2) is 130 Å². The zero-order valence-electron chi connectivity index (χ0n) is 30.2. The minimum atomic E-state index is -0.898. The molecule has 0 fully saturated rings. The van der Waals surface area contributed by atoms with Gasteiger partial charge in [-0.3, -0.25) is 4.79 Å². The fraction of sp³-hybridized carbons (Fsp3) is 0.452. The Morgan fingerprint density at radius 3 is 1.51 bits per heavy atom. The quantitative estimate of drug-likeness (QED) is 0.241. The number of carbonyl (C=O) groups excluding carboxylic acids is 1. The molecular weight excluding hydrogens is 552 g/mol. The molecule has 0 heterocycles. The Hall–Kier alpha value is -3.27. The van der Waals surface area contributed by atoms with Crippen molar-refractivity contribution in [3.8, 4) is 0 Å². The number of hydrogen-bond acceptors (Lipinski definition) is 3. The molecule has 2 aliphatic carbocycles. The van der Waals surface area contributed by atoms with Crippen molar-refractivity contribution in [2.75, 3.05) is 0 Å². The van der Waals surface area contributed by atoms with Crippen molar-refractivity contribution in [2.45, 2.75) is 115 Å². The highest BCUT2D eigenvalue weighted by molar-refractivity contribution is 6.00. The van der Waals surface area contributed by atoms with Gasteiger partial charge < -0.3 is 10.2 Å². The molecule has 0 aromatic rings. The van der Waals surface area contributed by atoms with Crippen LogP contribution in [-0.2, 0) is 4.79 Å². The Balaban J connectivity index is 0.00000496. The van der Waals surface area contributed by atoms with E-state index in [1.165, 1.54) is 22.3 Å². The number of allylic oxidation sites excluding steroid dienone is 20. The van der Waals surface area contributed by atoms with Crippen LogP contribution >= 0.6 is 0 Å². The zero-order valence-corrected chi connectivity index (χ0v) is 30.2. The molecule has 0 spiro atoms. The molecule has 3 nitrogen and oxygen atoms in total. The van der Waals surface area contributed by atoms with Crippen molar-refractivity contribution in [3.63, 3.8) is 0 Å². The second-order valence-electron chi connectivity index (χ2n) is 13.6. The number of aliphatic hydroxyl groups is 2. The standard InChI is InChI=1S/C40H54O3.C2H6/c1-28(17-13-19-30(3)21-23-35-32(5)25-34(41)26-39(35,7)8)15-11-12-16-29(2)18-14-20-31(4)22-24-36-33(6)38(43)37(42)27-40(36,9)10;1-2/h11-24,34,37,41-42H,25-27H2,1-10H3;1-2H3/b12-11+,17-13+,18-14+,23-21+,24-22+,28-15+,29-16+,30-19+,31-20+;. The second kappa shape index (κ2) is 18.6. The first-order chi connectivity index (χ1) is 21.0. The highest BCUT2D eigenvalue weighted by Gasteiger charge is 2.36. The van der Waals surface area contributed by atoms with E-state index in [-0.39, 0.29) is 22.7 Å². The lowest BCUT2D eigenvalue weighted by Crippen LogP contribution is -2.35. The summed E-state index contributed by atoms with van der Waals surface area (Å²) < 4.78 is 0. The summed E-state index contributed by atoms with van der Waals surface area (Å²) in [7, 11) is 0. The van der Waals surface area contributed by atoms with E-state index in [0.717, 1.165) is 29.6 Å². The monoisotopic (exact) mass is 612 g/mol. The summed E-state index contributed by atoms with van der Waals surface area (Å²) in [6.07, 6.45) is 30.0. The highest BCUT2D eigenvalue weighted by Crippen LogP contribution is 2.41. The third-order valence-electron chi connectivity index (χ3n) is 8.28. The van der Waals surface area contributed by atoms with Gasteiger partial charge in [0.1, 0.15) is 6.10 Å². The number of carbonyl (C=O) groups is 1. The van der Waals surface area contributed by atoms with Crippen LogP contribution in [0.1, 0.15) is 102 Å². The summed E-state index contributed by atoms with van der Waals surface area (Å²) in [5.41, 5.74) is 8.61. The lowest BCUT2D eigenvalue weighted by molar-refractivity contribution is -0.125. The minimum absolute atomic E-state index is 0.00483. The van der Waals surface area contributed by atoms with Gasteiger partial charge in [0.2, 0.25) is 0 Å². The molecule has 45 heavy (non-hydrogen) atoms. The van der Waals surface area contributed by atoms with Gasteiger partial charge in [0.15, 0.2) is 5.78 Å². The van der Waals surface area contributed by atoms with Crippen LogP contribution in [0.4, 0.5) is 0 Å². The predicted molar refractivity (Wildman–Crippen MR) is 196 cm³/mol. The molecular formula is C42H60O3. The van der Waals surface area contributed by atoms with E-state index in [4.69, 9.17) is 0 Å². The second-order valence-corrected chi connectivity index (χ2v) is 13.6. The number of rotatable bonds is 10. The average Bonchev–Trinajstić information content (AvgIpc) is 2.93. The maximum Gasteiger partial charge on any atom is 0.187 e. The largest absolute Gasteiger partial charge is 0.393 e. The first-order valence-electron chi connectivity index (χ1n) is 16.4. The molecule has 0 aromatic heterocycles. The molecule has 0 bridgehead atoms. The van der Waals surface area contributed by atoms with Gasteiger partial charge in [0, 0.05) is 0 Å². The van der Waals surface area contributed by atoms with E-state index < -0.39 is 6.10 Å². The summed E-state index contributed by atoms with van der Waals surface area (Å²) in [4.78, 5) is 12.2. The van der Waals surface area contributed by atoms with Gasteiger partial charge in [-0.25, -0.2) is 0 Å². The third-order valence-corrected chi connectivity index (χ3v) is 8.28. The minimum Gasteiger partial charge on any atom is -0.393 e. The lowest BCUT2D eigenvalue weighted by Gasteiger charge is -2.35. The molecule has 2 N–H and O–H groups in total. The molecule has 2 aliphatic rings. The van der Waals surface area contributed by atoms with Crippen LogP contribution in [0, 0.1) is 10.8 Å². The van der Waals surface area contributed by atoms with Gasteiger partial charge in [-0.2, -0.15) is 0 Å². The first-order valence-corrected chi connectivity index (χ1v) is 16.4. The van der Waals surface area contributed by atoms with Crippen LogP contribution in [0.25, 0.3) is 0 Å². The fourth-order valence-corrected chi connectivity index (χ4v) is 5.88.